The number of piperazine rings is 1. The molecule has 5 rings (SSSR count). The molecular weight excluding hydrogens is 608 g/mol. The molecule has 3 saturated heterocycles. The number of amides is 3. The Morgan fingerprint density at radius 1 is 1.04 bits per heavy atom. The fourth-order valence-corrected chi connectivity index (χ4v) is 6.64. The number of alkyl halides is 3. The normalized spacial score (nSPS) is 23.6. The molecule has 3 fully saturated rings. The Morgan fingerprint density at radius 2 is 1.80 bits per heavy atom. The van der Waals surface area contributed by atoms with E-state index in [1.807, 2.05) is 0 Å². The van der Waals surface area contributed by atoms with Crippen LogP contribution in [0.5, 0.6) is 0 Å². The molecule has 2 aromatic carbocycles. The number of carbonyl (C=O) groups excluding carboxylic acids is 3. The van der Waals surface area contributed by atoms with Crippen LogP contribution in [-0.2, 0) is 38.3 Å². The lowest BCUT2D eigenvalue weighted by atomic mass is 9.90. The van der Waals surface area contributed by atoms with Crippen LogP contribution in [0.4, 0.5) is 22.4 Å². The van der Waals surface area contributed by atoms with Gasteiger partial charge in [-0.3, -0.25) is 14.5 Å². The van der Waals surface area contributed by atoms with Crippen molar-refractivity contribution in [2.45, 2.75) is 76.5 Å². The number of halogens is 4. The summed E-state index contributed by atoms with van der Waals surface area (Å²) in [5.74, 6) is -1.72. The highest BCUT2D eigenvalue weighted by molar-refractivity contribution is 5.91. The molecule has 9 nitrogen and oxygen atoms in total. The van der Waals surface area contributed by atoms with E-state index in [1.165, 1.54) is 34.9 Å². The Balaban J connectivity index is 1.44. The van der Waals surface area contributed by atoms with Crippen molar-refractivity contribution >= 4 is 17.9 Å². The zero-order valence-corrected chi connectivity index (χ0v) is 25.8. The fourth-order valence-electron chi connectivity index (χ4n) is 6.64. The van der Waals surface area contributed by atoms with Crippen LogP contribution < -0.4 is 5.73 Å². The predicted molar refractivity (Wildman–Crippen MR) is 160 cm³/mol. The topological polar surface area (TPSA) is 105 Å². The first-order valence-electron chi connectivity index (χ1n) is 15.7. The number of aryl methyl sites for hydroxylation is 1. The molecule has 13 heteroatoms. The minimum Gasteiger partial charge on any atom is -0.444 e. The Labute approximate surface area is 265 Å². The molecule has 46 heavy (non-hydrogen) atoms. The molecule has 3 aliphatic heterocycles. The third kappa shape index (κ3) is 7.80. The number of nitrogens with zero attached hydrogens (tertiary/aromatic N) is 3. The van der Waals surface area contributed by atoms with Crippen molar-refractivity contribution in [1.29, 1.82) is 0 Å². The molecule has 0 saturated carbocycles. The van der Waals surface area contributed by atoms with Crippen molar-refractivity contribution < 1.29 is 41.4 Å². The molecule has 3 heterocycles. The molecule has 0 bridgehead atoms. The third-order valence-corrected chi connectivity index (χ3v) is 8.85. The first-order valence-corrected chi connectivity index (χ1v) is 15.7. The van der Waals surface area contributed by atoms with Crippen molar-refractivity contribution in [3.8, 4) is 0 Å². The minimum absolute atomic E-state index is 0.0405. The molecule has 4 atom stereocenters. The van der Waals surface area contributed by atoms with Crippen molar-refractivity contribution in [2.24, 2.45) is 11.7 Å². The summed E-state index contributed by atoms with van der Waals surface area (Å²) in [6.45, 7) is 2.44. The lowest BCUT2D eigenvalue weighted by molar-refractivity contribution is -0.174. The van der Waals surface area contributed by atoms with E-state index >= 15 is 0 Å². The Morgan fingerprint density at radius 3 is 2.48 bits per heavy atom. The number of unbranched alkanes of at least 4 members (excludes halogenated alkanes) is 1. The summed E-state index contributed by atoms with van der Waals surface area (Å²) in [7, 11) is 0. The highest BCUT2D eigenvalue weighted by Crippen LogP contribution is 2.34. The SMILES string of the molecule is Cc1cc(COC(=O)N2C[C@H](Cc3ccc(F)cc3)C(=O)N3[C@@H]2CN(CC2CCCO2)C(=O)[C@@H]3CCCCN)cc(C(F)(F)F)c1. The van der Waals surface area contributed by atoms with Gasteiger partial charge in [0.1, 0.15) is 24.6 Å². The maximum atomic E-state index is 14.1. The van der Waals surface area contributed by atoms with E-state index in [-0.39, 0.29) is 43.0 Å². The summed E-state index contributed by atoms with van der Waals surface area (Å²) in [6.07, 6.45) is -2.97. The van der Waals surface area contributed by atoms with Gasteiger partial charge in [-0.2, -0.15) is 13.2 Å². The maximum Gasteiger partial charge on any atom is 0.416 e. The predicted octanol–water partition coefficient (Wildman–Crippen LogP) is 4.64. The van der Waals surface area contributed by atoms with Gasteiger partial charge in [0.25, 0.3) is 0 Å². The molecule has 0 radical (unpaired) electrons. The van der Waals surface area contributed by atoms with Crippen molar-refractivity contribution in [3.63, 3.8) is 0 Å². The van der Waals surface area contributed by atoms with Gasteiger partial charge in [-0.25, -0.2) is 9.18 Å². The Hall–Kier alpha value is -3.71. The molecular formula is C33H40F4N4O5. The van der Waals surface area contributed by atoms with Gasteiger partial charge in [0.15, 0.2) is 0 Å². The van der Waals surface area contributed by atoms with E-state index in [9.17, 15) is 31.9 Å². The molecule has 3 aliphatic rings. The van der Waals surface area contributed by atoms with Gasteiger partial charge in [-0.1, -0.05) is 23.8 Å². The Bertz CT molecular complexity index is 1400. The number of benzene rings is 2. The van der Waals surface area contributed by atoms with Gasteiger partial charge in [0.05, 0.1) is 24.1 Å². The van der Waals surface area contributed by atoms with Crippen molar-refractivity contribution in [2.75, 3.05) is 32.8 Å². The highest BCUT2D eigenvalue weighted by atomic mass is 19.4. The van der Waals surface area contributed by atoms with E-state index in [1.54, 1.807) is 17.0 Å². The second kappa shape index (κ2) is 14.4. The number of ether oxygens (including phenoxy) is 2. The largest absolute Gasteiger partial charge is 0.444 e. The number of rotatable bonds is 10. The lowest BCUT2D eigenvalue weighted by Crippen LogP contribution is -2.73. The van der Waals surface area contributed by atoms with Crippen molar-refractivity contribution in [3.05, 3.63) is 70.5 Å². The average molecular weight is 649 g/mol. The van der Waals surface area contributed by atoms with E-state index in [0.717, 1.165) is 25.0 Å². The summed E-state index contributed by atoms with van der Waals surface area (Å²) in [5.41, 5.74) is 6.10. The molecule has 0 aromatic heterocycles. The second-order valence-corrected chi connectivity index (χ2v) is 12.3. The highest BCUT2D eigenvalue weighted by Gasteiger charge is 2.52. The zero-order valence-electron chi connectivity index (χ0n) is 25.8. The zero-order chi connectivity index (χ0) is 33.0. The van der Waals surface area contributed by atoms with Gasteiger partial charge in [-0.15, -0.1) is 0 Å². The first kappa shape index (κ1) is 33.6. The summed E-state index contributed by atoms with van der Waals surface area (Å²) in [4.78, 5) is 46.4. The van der Waals surface area contributed by atoms with Crippen molar-refractivity contribution in [1.82, 2.24) is 14.7 Å². The van der Waals surface area contributed by atoms with Gasteiger partial charge in [-0.05, 0) is 87.4 Å². The molecule has 0 spiro atoms. The van der Waals surface area contributed by atoms with Crippen LogP contribution in [0, 0.1) is 18.7 Å². The maximum absolute atomic E-state index is 14.1. The molecule has 2 aromatic rings. The number of hydrogen-bond donors (Lipinski definition) is 1. The van der Waals surface area contributed by atoms with Crippen LogP contribution in [0.25, 0.3) is 0 Å². The van der Waals surface area contributed by atoms with Crippen LogP contribution in [0.3, 0.4) is 0 Å². The first-order chi connectivity index (χ1) is 21.9. The second-order valence-electron chi connectivity index (χ2n) is 12.3. The smallest absolute Gasteiger partial charge is 0.416 e. The number of fused-ring (bicyclic) bond motifs is 1. The monoisotopic (exact) mass is 648 g/mol. The summed E-state index contributed by atoms with van der Waals surface area (Å²) < 4.78 is 65.4. The molecule has 0 aliphatic carbocycles. The van der Waals surface area contributed by atoms with E-state index < -0.39 is 48.4 Å². The number of nitrogens with two attached hydrogens (primary N) is 1. The third-order valence-electron chi connectivity index (χ3n) is 8.85. The van der Waals surface area contributed by atoms with Crippen LogP contribution in [-0.4, -0.2) is 83.7 Å². The molecule has 3 amide bonds. The van der Waals surface area contributed by atoms with E-state index in [4.69, 9.17) is 15.2 Å². The van der Waals surface area contributed by atoms with Gasteiger partial charge in [0.2, 0.25) is 11.8 Å². The number of carbonyl (C=O) groups is 3. The van der Waals surface area contributed by atoms with Gasteiger partial charge < -0.3 is 25.0 Å². The van der Waals surface area contributed by atoms with E-state index in [2.05, 4.69) is 0 Å². The molecule has 1 unspecified atom stereocenters. The van der Waals surface area contributed by atoms with Crippen LogP contribution in [0.15, 0.2) is 42.5 Å². The summed E-state index contributed by atoms with van der Waals surface area (Å²) in [5, 5.41) is 0. The number of hydrogen-bond acceptors (Lipinski definition) is 6. The average Bonchev–Trinajstić information content (AvgIpc) is 3.52. The fraction of sp³-hybridized carbons (Fsp3) is 0.545. The Kier molecular flexibility index (Phi) is 10.5. The van der Waals surface area contributed by atoms with Crippen LogP contribution in [0.2, 0.25) is 0 Å². The summed E-state index contributed by atoms with van der Waals surface area (Å²) in [6, 6.07) is 8.34. The van der Waals surface area contributed by atoms with Gasteiger partial charge in [0, 0.05) is 19.7 Å². The molecule has 250 valence electrons. The summed E-state index contributed by atoms with van der Waals surface area (Å²) >= 11 is 0. The quantitative estimate of drug-likeness (QED) is 0.298. The minimum atomic E-state index is -4.56. The van der Waals surface area contributed by atoms with Gasteiger partial charge >= 0.3 is 12.3 Å². The van der Waals surface area contributed by atoms with E-state index in [0.29, 0.717) is 50.1 Å². The van der Waals surface area contributed by atoms with Crippen LogP contribution in [0.1, 0.15) is 54.4 Å². The lowest BCUT2D eigenvalue weighted by Gasteiger charge is -2.54. The molecule has 2 N–H and O–H groups in total. The standard InChI is InChI=1S/C33H40F4N4O5/c1-21-13-23(16-25(14-21)33(35,36)37)20-46-32(44)40-17-24(15-22-7-9-26(34)10-8-22)30(42)41-28(6-2-3-11-38)31(43)39(19-29(40)41)18-27-5-4-12-45-27/h7-10,13-14,16,24,27-29H,2-6,11-12,15,17-20,38H2,1H3/t24-,27?,28-,29+/m0/s1. The van der Waals surface area contributed by atoms with Crippen LogP contribution >= 0.6 is 0 Å².